The van der Waals surface area contributed by atoms with Crippen molar-refractivity contribution in [2.24, 2.45) is 5.92 Å². The first-order chi connectivity index (χ1) is 9.09. The van der Waals surface area contributed by atoms with Gasteiger partial charge in [-0.05, 0) is 44.2 Å². The molecule has 19 heavy (non-hydrogen) atoms. The first kappa shape index (κ1) is 13.0. The molecule has 0 radical (unpaired) electrons. The topological polar surface area (TPSA) is 17.8 Å². The van der Waals surface area contributed by atoms with Crippen LogP contribution >= 0.6 is 11.6 Å². The molecule has 2 nitrogen and oxygen atoms in total. The summed E-state index contributed by atoms with van der Waals surface area (Å²) in [6.07, 6.45) is 3.87. The minimum absolute atomic E-state index is 0.0420. The summed E-state index contributed by atoms with van der Waals surface area (Å²) >= 11 is 6.37. The Morgan fingerprint density at radius 1 is 1.37 bits per heavy atom. The lowest BCUT2D eigenvalue weighted by Crippen LogP contribution is -2.15. The number of aromatic nitrogens is 2. The van der Waals surface area contributed by atoms with Crippen molar-refractivity contribution in [1.82, 2.24) is 9.55 Å². The maximum Gasteiger partial charge on any atom is 0.127 e. The fraction of sp³-hybridized carbons (Fsp3) is 0.562. The number of hydrogen-bond donors (Lipinski definition) is 0. The van der Waals surface area contributed by atoms with Crippen LogP contribution in [-0.4, -0.2) is 9.55 Å². The lowest BCUT2D eigenvalue weighted by atomic mass is 10.1. The van der Waals surface area contributed by atoms with Gasteiger partial charge in [-0.1, -0.05) is 25.5 Å². The monoisotopic (exact) mass is 276 g/mol. The van der Waals surface area contributed by atoms with Gasteiger partial charge in [-0.3, -0.25) is 0 Å². The van der Waals surface area contributed by atoms with Gasteiger partial charge >= 0.3 is 0 Å². The van der Waals surface area contributed by atoms with E-state index in [2.05, 4.69) is 36.6 Å². The number of imidazole rings is 1. The van der Waals surface area contributed by atoms with E-state index in [1.165, 1.54) is 30.3 Å². The molecule has 1 saturated carbocycles. The Labute approximate surface area is 119 Å². The van der Waals surface area contributed by atoms with E-state index in [1.807, 2.05) is 6.92 Å². The van der Waals surface area contributed by atoms with Gasteiger partial charge in [0.05, 0.1) is 16.4 Å². The maximum absolute atomic E-state index is 6.37. The third-order valence-corrected chi connectivity index (χ3v) is 4.65. The lowest BCUT2D eigenvalue weighted by molar-refractivity contribution is 0.405. The van der Waals surface area contributed by atoms with Gasteiger partial charge in [0.1, 0.15) is 5.82 Å². The molecule has 3 unspecified atom stereocenters. The van der Waals surface area contributed by atoms with Crippen LogP contribution in [0, 0.1) is 12.8 Å². The summed E-state index contributed by atoms with van der Waals surface area (Å²) in [7, 11) is 0. The van der Waals surface area contributed by atoms with Crippen molar-refractivity contribution < 1.29 is 0 Å². The van der Waals surface area contributed by atoms with Gasteiger partial charge in [-0.15, -0.1) is 11.6 Å². The summed E-state index contributed by atoms with van der Waals surface area (Å²) < 4.78 is 2.41. The third kappa shape index (κ3) is 2.06. The molecule has 0 spiro atoms. The first-order valence-corrected chi connectivity index (χ1v) is 7.64. The van der Waals surface area contributed by atoms with E-state index in [0.717, 1.165) is 11.3 Å². The fourth-order valence-electron chi connectivity index (χ4n) is 3.41. The standard InChI is InChI=1S/C16H21ClN2/c1-10-6-4-8-13(10)19-14-9-5-7-11(2)15(14)18-16(19)12(3)17/h5,7,9-10,12-13H,4,6,8H2,1-3H3. The minimum atomic E-state index is -0.0420. The Bertz CT molecular complexity index is 600. The zero-order chi connectivity index (χ0) is 13.6. The number of fused-ring (bicyclic) bond motifs is 1. The molecule has 2 aromatic rings. The molecular weight excluding hydrogens is 256 g/mol. The van der Waals surface area contributed by atoms with E-state index < -0.39 is 0 Å². The van der Waals surface area contributed by atoms with E-state index in [0.29, 0.717) is 12.0 Å². The van der Waals surface area contributed by atoms with E-state index in [-0.39, 0.29) is 5.38 Å². The molecule has 3 atom stereocenters. The molecule has 102 valence electrons. The maximum atomic E-state index is 6.37. The number of hydrogen-bond acceptors (Lipinski definition) is 1. The Balaban J connectivity index is 2.25. The quantitative estimate of drug-likeness (QED) is 0.705. The van der Waals surface area contributed by atoms with Crippen molar-refractivity contribution in [2.45, 2.75) is 51.5 Å². The van der Waals surface area contributed by atoms with Gasteiger partial charge in [-0.2, -0.15) is 0 Å². The fourth-order valence-corrected chi connectivity index (χ4v) is 3.57. The van der Waals surface area contributed by atoms with E-state index >= 15 is 0 Å². The number of benzene rings is 1. The number of para-hydroxylation sites is 1. The van der Waals surface area contributed by atoms with Crippen LogP contribution in [0.3, 0.4) is 0 Å². The van der Waals surface area contributed by atoms with Crippen molar-refractivity contribution in [3.63, 3.8) is 0 Å². The number of aryl methyl sites for hydroxylation is 1. The van der Waals surface area contributed by atoms with E-state index in [9.17, 15) is 0 Å². The largest absolute Gasteiger partial charge is 0.323 e. The molecule has 3 rings (SSSR count). The lowest BCUT2D eigenvalue weighted by Gasteiger charge is -2.21. The van der Waals surface area contributed by atoms with Crippen LogP contribution in [0.2, 0.25) is 0 Å². The number of alkyl halides is 1. The summed E-state index contributed by atoms with van der Waals surface area (Å²) in [5.74, 6) is 1.75. The summed E-state index contributed by atoms with van der Waals surface area (Å²) in [5.41, 5.74) is 3.60. The van der Waals surface area contributed by atoms with Gasteiger partial charge in [0.15, 0.2) is 0 Å². The van der Waals surface area contributed by atoms with Crippen LogP contribution in [0.15, 0.2) is 18.2 Å². The predicted molar refractivity (Wildman–Crippen MR) is 80.8 cm³/mol. The zero-order valence-electron chi connectivity index (χ0n) is 11.9. The van der Waals surface area contributed by atoms with Gasteiger partial charge < -0.3 is 4.57 Å². The second-order valence-electron chi connectivity index (χ2n) is 5.87. The second-order valence-corrected chi connectivity index (χ2v) is 6.53. The van der Waals surface area contributed by atoms with Crippen LogP contribution in [0.5, 0.6) is 0 Å². The smallest absolute Gasteiger partial charge is 0.127 e. The molecule has 1 aromatic carbocycles. The summed E-state index contributed by atoms with van der Waals surface area (Å²) in [6, 6.07) is 6.99. The van der Waals surface area contributed by atoms with Crippen LogP contribution in [0.4, 0.5) is 0 Å². The molecule has 1 aromatic heterocycles. The molecule has 3 heteroatoms. The Kier molecular flexibility index (Phi) is 3.30. The van der Waals surface area contributed by atoms with Crippen LogP contribution in [0.25, 0.3) is 11.0 Å². The van der Waals surface area contributed by atoms with Crippen molar-refractivity contribution in [3.05, 3.63) is 29.6 Å². The van der Waals surface area contributed by atoms with Gasteiger partial charge in [0.25, 0.3) is 0 Å². The summed E-state index contributed by atoms with van der Waals surface area (Å²) in [6.45, 7) is 6.50. The minimum Gasteiger partial charge on any atom is -0.323 e. The average Bonchev–Trinajstić information content (AvgIpc) is 2.93. The second kappa shape index (κ2) is 4.82. The van der Waals surface area contributed by atoms with Gasteiger partial charge in [0, 0.05) is 6.04 Å². The van der Waals surface area contributed by atoms with Crippen molar-refractivity contribution in [3.8, 4) is 0 Å². The summed E-state index contributed by atoms with van der Waals surface area (Å²) in [5, 5.41) is -0.0420. The van der Waals surface area contributed by atoms with Crippen molar-refractivity contribution in [2.75, 3.05) is 0 Å². The third-order valence-electron chi connectivity index (χ3n) is 4.45. The Morgan fingerprint density at radius 2 is 2.16 bits per heavy atom. The highest BCUT2D eigenvalue weighted by molar-refractivity contribution is 6.20. The number of nitrogens with zero attached hydrogens (tertiary/aromatic N) is 2. The van der Waals surface area contributed by atoms with Crippen LogP contribution in [-0.2, 0) is 0 Å². The average molecular weight is 277 g/mol. The van der Waals surface area contributed by atoms with Crippen molar-refractivity contribution >= 4 is 22.6 Å². The highest BCUT2D eigenvalue weighted by Gasteiger charge is 2.29. The van der Waals surface area contributed by atoms with Gasteiger partial charge in [0.2, 0.25) is 0 Å². The van der Waals surface area contributed by atoms with Crippen LogP contribution in [0.1, 0.15) is 55.9 Å². The van der Waals surface area contributed by atoms with E-state index in [4.69, 9.17) is 16.6 Å². The SMILES string of the molecule is Cc1cccc2c1nc(C(C)Cl)n2C1CCCC1C. The molecular formula is C16H21ClN2. The van der Waals surface area contributed by atoms with E-state index in [1.54, 1.807) is 0 Å². The Hall–Kier alpha value is -1.02. The van der Waals surface area contributed by atoms with Crippen molar-refractivity contribution in [1.29, 1.82) is 0 Å². The number of halogens is 1. The number of rotatable bonds is 2. The molecule has 1 aliphatic rings. The molecule has 1 fully saturated rings. The molecule has 0 aliphatic heterocycles. The molecule has 1 aliphatic carbocycles. The molecule has 0 bridgehead atoms. The predicted octanol–water partition coefficient (Wildman–Crippen LogP) is 5.01. The van der Waals surface area contributed by atoms with Crippen LogP contribution < -0.4 is 0 Å². The van der Waals surface area contributed by atoms with Gasteiger partial charge in [-0.25, -0.2) is 4.98 Å². The molecule has 1 heterocycles. The zero-order valence-corrected chi connectivity index (χ0v) is 12.6. The molecule has 0 N–H and O–H groups in total. The Morgan fingerprint density at radius 3 is 2.79 bits per heavy atom. The molecule has 0 amide bonds. The highest BCUT2D eigenvalue weighted by Crippen LogP contribution is 2.40. The molecule has 0 saturated heterocycles. The normalized spacial score (nSPS) is 25.1. The summed E-state index contributed by atoms with van der Waals surface area (Å²) in [4.78, 5) is 4.82. The highest BCUT2D eigenvalue weighted by atomic mass is 35.5. The first-order valence-electron chi connectivity index (χ1n) is 7.21.